The van der Waals surface area contributed by atoms with Crippen LogP contribution in [0, 0.1) is 0 Å². The summed E-state index contributed by atoms with van der Waals surface area (Å²) in [6.45, 7) is 0. The molecule has 1 rings (SSSR count). The third-order valence-electron chi connectivity index (χ3n) is 0.712. The van der Waals surface area contributed by atoms with Crippen molar-refractivity contribution in [3.63, 3.8) is 0 Å². The van der Waals surface area contributed by atoms with Crippen molar-refractivity contribution < 1.29 is 23.3 Å². The van der Waals surface area contributed by atoms with Gasteiger partial charge in [-0.3, -0.25) is 0 Å². The fourth-order valence-corrected chi connectivity index (χ4v) is 9.29. The topological polar surface area (TPSA) is 0 Å². The van der Waals surface area contributed by atoms with Crippen molar-refractivity contribution in [2.75, 3.05) is 0 Å². The summed E-state index contributed by atoms with van der Waals surface area (Å²) in [5.41, 5.74) is 0. The molecule has 0 aliphatic rings. The molecule has 0 saturated heterocycles. The molecule has 0 aromatic carbocycles. The van der Waals surface area contributed by atoms with E-state index in [9.17, 15) is 0 Å². The van der Waals surface area contributed by atoms with E-state index in [1.165, 1.54) is 0 Å². The van der Waals surface area contributed by atoms with Gasteiger partial charge < -0.3 is 0 Å². The molecule has 0 unspecified atom stereocenters. The van der Waals surface area contributed by atoms with Crippen LogP contribution in [0.2, 0.25) is 0 Å². The van der Waals surface area contributed by atoms with Gasteiger partial charge in [-0.2, -0.15) is 0 Å². The molecule has 0 aliphatic heterocycles. The van der Waals surface area contributed by atoms with Gasteiger partial charge in [-0.15, -0.1) is 0 Å². The van der Waals surface area contributed by atoms with Gasteiger partial charge in [-0.1, -0.05) is 0 Å². The second-order valence-corrected chi connectivity index (χ2v) is 14.2. The molecule has 34 valence electrons. The Bertz CT molecular complexity index is 126. The standard InChI is InChI=1S/C4H3Se.ClH.Hg/c1-2-4-5-3-1;;/h1-3H;1H;/q;;+1/p-1. The molecule has 1 heterocycles. The number of halogens is 1. The van der Waals surface area contributed by atoms with Crippen molar-refractivity contribution in [2.45, 2.75) is 0 Å². The SMILES string of the molecule is [Cl][Hg][c]1ccc[se]1. The molecule has 0 saturated carbocycles. The van der Waals surface area contributed by atoms with E-state index >= 15 is 0 Å². The summed E-state index contributed by atoms with van der Waals surface area (Å²) >= 11 is -0.243. The summed E-state index contributed by atoms with van der Waals surface area (Å²) in [6.07, 6.45) is 0. The Morgan fingerprint density at radius 2 is 2.57 bits per heavy atom. The molecular formula is C4H3ClHgSe. The number of hydrogen-bond acceptors (Lipinski definition) is 0. The fraction of sp³-hybridized carbons (Fsp3) is 0. The van der Waals surface area contributed by atoms with Gasteiger partial charge in [-0.05, 0) is 0 Å². The van der Waals surface area contributed by atoms with Crippen LogP contribution in [-0.4, -0.2) is 14.5 Å². The molecule has 7 heavy (non-hydrogen) atoms. The van der Waals surface area contributed by atoms with Gasteiger partial charge in [0.05, 0.1) is 0 Å². The van der Waals surface area contributed by atoms with Crippen LogP contribution in [-0.2, 0) is 23.3 Å². The Labute approximate surface area is 64.5 Å². The molecule has 0 N–H and O–H groups in total. The van der Waals surface area contributed by atoms with Crippen LogP contribution in [0.3, 0.4) is 0 Å². The summed E-state index contributed by atoms with van der Waals surface area (Å²) in [5.74, 6) is 0. The molecule has 0 fully saturated rings. The van der Waals surface area contributed by atoms with E-state index in [1.807, 2.05) is 0 Å². The summed E-state index contributed by atoms with van der Waals surface area (Å²) in [6, 6.07) is 4.31. The second kappa shape index (κ2) is 3.29. The van der Waals surface area contributed by atoms with Gasteiger partial charge in [0.15, 0.2) is 0 Å². The van der Waals surface area contributed by atoms with E-state index < -0.39 is 23.3 Å². The summed E-state index contributed by atoms with van der Waals surface area (Å²) < 4.78 is 1.61. The molecule has 0 atom stereocenters. The Balaban J connectivity index is 2.76. The Morgan fingerprint density at radius 1 is 1.71 bits per heavy atom. The van der Waals surface area contributed by atoms with Crippen molar-refractivity contribution in [1.82, 2.24) is 0 Å². The zero-order chi connectivity index (χ0) is 5.11. The first-order valence-electron chi connectivity index (χ1n) is 2.02. The van der Waals surface area contributed by atoms with Crippen LogP contribution >= 0.6 is 8.25 Å². The second-order valence-electron chi connectivity index (χ2n) is 1.21. The van der Waals surface area contributed by atoms with E-state index in [2.05, 4.69) is 17.1 Å². The van der Waals surface area contributed by atoms with Crippen LogP contribution in [0.15, 0.2) is 17.1 Å². The zero-order valence-corrected chi connectivity index (χ0v) is 11.7. The summed E-state index contributed by atoms with van der Waals surface area (Å²) in [4.78, 5) is 2.23. The molecule has 0 amide bonds. The third-order valence-corrected chi connectivity index (χ3v) is 15.9. The van der Waals surface area contributed by atoms with Crippen molar-refractivity contribution >= 4 is 24.7 Å². The van der Waals surface area contributed by atoms with Gasteiger partial charge in [0.2, 0.25) is 0 Å². The molecule has 1 aromatic rings. The first-order chi connectivity index (χ1) is 3.43. The molecule has 0 radical (unpaired) electrons. The quantitative estimate of drug-likeness (QED) is 0.639. The Hall–Kier alpha value is 1.22. The minimum atomic E-state index is -0.927. The monoisotopic (exact) mass is 368 g/mol. The fourth-order valence-electron chi connectivity index (χ4n) is 0.389. The van der Waals surface area contributed by atoms with Gasteiger partial charge in [0, 0.05) is 0 Å². The van der Waals surface area contributed by atoms with Crippen molar-refractivity contribution in [2.24, 2.45) is 0 Å². The predicted molar refractivity (Wildman–Crippen MR) is 28.9 cm³/mol. The Kier molecular flexibility index (Phi) is 2.98. The van der Waals surface area contributed by atoms with Crippen LogP contribution < -0.4 is 1.95 Å². The number of hydrogen-bond donors (Lipinski definition) is 0. The number of rotatable bonds is 1. The first kappa shape index (κ1) is 6.35. The van der Waals surface area contributed by atoms with Crippen LogP contribution in [0.1, 0.15) is 0 Å². The van der Waals surface area contributed by atoms with Crippen LogP contribution in [0.4, 0.5) is 0 Å². The summed E-state index contributed by atoms with van der Waals surface area (Å²) in [7, 11) is 5.74. The molecule has 0 aliphatic carbocycles. The van der Waals surface area contributed by atoms with E-state index in [-0.39, 0.29) is 0 Å². The van der Waals surface area contributed by atoms with E-state index in [4.69, 9.17) is 8.25 Å². The van der Waals surface area contributed by atoms with E-state index in [0.29, 0.717) is 14.5 Å². The maximum atomic E-state index is 5.74. The first-order valence-corrected chi connectivity index (χ1v) is 13.4. The van der Waals surface area contributed by atoms with Crippen LogP contribution in [0.25, 0.3) is 0 Å². The van der Waals surface area contributed by atoms with Gasteiger partial charge in [0.1, 0.15) is 0 Å². The zero-order valence-electron chi connectivity index (χ0n) is 3.73. The van der Waals surface area contributed by atoms with Gasteiger partial charge in [0.25, 0.3) is 0 Å². The Morgan fingerprint density at radius 3 is 2.86 bits per heavy atom. The normalized spacial score (nSPS) is 8.14. The molecule has 1 aromatic heterocycles. The third kappa shape index (κ3) is 1.89. The summed E-state index contributed by atoms with van der Waals surface area (Å²) in [5, 5.41) is 0. The average Bonchev–Trinajstić information content (AvgIpc) is 2.14. The van der Waals surface area contributed by atoms with Gasteiger partial charge >= 0.3 is 65.1 Å². The van der Waals surface area contributed by atoms with Crippen LogP contribution in [0.5, 0.6) is 0 Å². The van der Waals surface area contributed by atoms with Gasteiger partial charge in [-0.25, -0.2) is 0 Å². The maximum absolute atomic E-state index is 5.74. The molecule has 0 spiro atoms. The molecule has 3 heteroatoms. The predicted octanol–water partition coefficient (Wildman–Crippen LogP) is 0.605. The molecular weight excluding hydrogens is 363 g/mol. The van der Waals surface area contributed by atoms with E-state index in [0.717, 1.165) is 0 Å². The van der Waals surface area contributed by atoms with Crippen molar-refractivity contribution in [3.8, 4) is 0 Å². The molecule has 0 bridgehead atoms. The van der Waals surface area contributed by atoms with E-state index in [1.54, 1.807) is 1.95 Å². The minimum absolute atomic E-state index is 0.684. The molecule has 0 nitrogen and oxygen atoms in total. The van der Waals surface area contributed by atoms with Crippen molar-refractivity contribution in [1.29, 1.82) is 0 Å². The average molecular weight is 366 g/mol. The van der Waals surface area contributed by atoms with Crippen molar-refractivity contribution in [3.05, 3.63) is 17.1 Å².